The van der Waals surface area contributed by atoms with Crippen molar-refractivity contribution in [1.29, 1.82) is 0 Å². The Morgan fingerprint density at radius 1 is 0.962 bits per heavy atom. The van der Waals surface area contributed by atoms with Gasteiger partial charge >= 0.3 is 12.1 Å². The maximum atomic E-state index is 12.3. The molecule has 6 heteroatoms. The highest BCUT2D eigenvalue weighted by molar-refractivity contribution is 5.95. The van der Waals surface area contributed by atoms with E-state index in [1.54, 1.807) is 38.1 Å². The van der Waals surface area contributed by atoms with Crippen LogP contribution in [0.1, 0.15) is 13.8 Å². The van der Waals surface area contributed by atoms with E-state index in [1.807, 2.05) is 30.3 Å². The van der Waals surface area contributed by atoms with E-state index in [2.05, 4.69) is 0 Å². The van der Waals surface area contributed by atoms with Crippen LogP contribution in [0.15, 0.2) is 54.6 Å². The molecule has 26 heavy (non-hydrogen) atoms. The minimum atomic E-state index is -1.45. The number of hydrogen-bond acceptors (Lipinski definition) is 4. The number of rotatable bonds is 6. The summed E-state index contributed by atoms with van der Waals surface area (Å²) in [6, 6.07) is 15.1. The first-order valence-electron chi connectivity index (χ1n) is 8.30. The van der Waals surface area contributed by atoms with Gasteiger partial charge in [-0.3, -0.25) is 4.90 Å². The second kappa shape index (κ2) is 8.49. The molecule has 0 bridgehead atoms. The molecule has 0 fully saturated rings. The lowest BCUT2D eigenvalue weighted by atomic mass is 9.97. The van der Waals surface area contributed by atoms with Crippen LogP contribution in [0.4, 0.5) is 10.5 Å². The van der Waals surface area contributed by atoms with Crippen LogP contribution < -0.4 is 4.90 Å². The predicted octanol–water partition coefficient (Wildman–Crippen LogP) is 3.40. The monoisotopic (exact) mass is 357 g/mol. The lowest BCUT2D eigenvalue weighted by Gasteiger charge is -2.32. The summed E-state index contributed by atoms with van der Waals surface area (Å²) in [4.78, 5) is 25.0. The summed E-state index contributed by atoms with van der Waals surface area (Å²) in [6.45, 7) is 3.38. The van der Waals surface area contributed by atoms with Gasteiger partial charge in [0.25, 0.3) is 0 Å². The van der Waals surface area contributed by atoms with Crippen molar-refractivity contribution in [2.24, 2.45) is 5.92 Å². The fourth-order valence-corrected chi connectivity index (χ4v) is 2.70. The molecule has 0 radical (unpaired) electrons. The normalized spacial score (nSPS) is 13.1. The first kappa shape index (κ1) is 19.5. The highest BCUT2D eigenvalue weighted by atomic mass is 16.5. The van der Waals surface area contributed by atoms with Gasteiger partial charge in [0, 0.05) is 5.69 Å². The van der Waals surface area contributed by atoms with Crippen molar-refractivity contribution >= 4 is 17.7 Å². The van der Waals surface area contributed by atoms with Crippen molar-refractivity contribution in [2.45, 2.75) is 26.0 Å². The predicted molar refractivity (Wildman–Crippen MR) is 99.0 cm³/mol. The van der Waals surface area contributed by atoms with Crippen molar-refractivity contribution < 1.29 is 24.5 Å². The highest BCUT2D eigenvalue weighted by Crippen LogP contribution is 2.27. The van der Waals surface area contributed by atoms with Crippen molar-refractivity contribution in [3.05, 3.63) is 54.6 Å². The molecule has 0 aromatic heterocycles. The van der Waals surface area contributed by atoms with Gasteiger partial charge in [0.1, 0.15) is 0 Å². The smallest absolute Gasteiger partial charge is 0.414 e. The second-order valence-corrected chi connectivity index (χ2v) is 6.27. The number of aliphatic hydroxyl groups excluding tert-OH is 1. The molecule has 138 valence electrons. The molecule has 0 aliphatic heterocycles. The molecule has 2 rings (SSSR count). The van der Waals surface area contributed by atoms with Crippen molar-refractivity contribution in [1.82, 2.24) is 0 Å². The van der Waals surface area contributed by atoms with Gasteiger partial charge in [-0.2, -0.15) is 0 Å². The van der Waals surface area contributed by atoms with Gasteiger partial charge in [0.2, 0.25) is 0 Å². The van der Waals surface area contributed by atoms with E-state index in [4.69, 9.17) is 4.74 Å². The Bertz CT molecular complexity index is 743. The van der Waals surface area contributed by atoms with Crippen LogP contribution in [0.5, 0.6) is 0 Å². The van der Waals surface area contributed by atoms with Crippen LogP contribution in [0, 0.1) is 5.92 Å². The topological polar surface area (TPSA) is 87.1 Å². The Morgan fingerprint density at radius 3 is 1.96 bits per heavy atom. The molecule has 0 spiro atoms. The Hall–Kier alpha value is -2.86. The first-order valence-corrected chi connectivity index (χ1v) is 8.30. The first-order chi connectivity index (χ1) is 12.4. The average molecular weight is 357 g/mol. The zero-order valence-corrected chi connectivity index (χ0v) is 15.0. The third-order valence-corrected chi connectivity index (χ3v) is 4.16. The van der Waals surface area contributed by atoms with Gasteiger partial charge < -0.3 is 14.9 Å². The summed E-state index contributed by atoms with van der Waals surface area (Å²) >= 11 is 0. The van der Waals surface area contributed by atoms with E-state index in [-0.39, 0.29) is 5.92 Å². The Balaban J connectivity index is 2.43. The Morgan fingerprint density at radius 2 is 1.50 bits per heavy atom. The molecule has 2 aromatic carbocycles. The minimum absolute atomic E-state index is 0.337. The number of amides is 1. The third-order valence-electron chi connectivity index (χ3n) is 4.16. The van der Waals surface area contributed by atoms with Gasteiger partial charge in [0.15, 0.2) is 6.04 Å². The summed E-state index contributed by atoms with van der Waals surface area (Å²) < 4.78 is 4.76. The lowest BCUT2D eigenvalue weighted by Crippen LogP contribution is -2.53. The number of methoxy groups -OCH3 is 1. The summed E-state index contributed by atoms with van der Waals surface area (Å²) in [5.41, 5.74) is 2.26. The molecule has 0 saturated heterocycles. The molecule has 0 heterocycles. The molecule has 0 aliphatic carbocycles. The second-order valence-electron chi connectivity index (χ2n) is 6.27. The zero-order chi connectivity index (χ0) is 19.3. The molecule has 2 aromatic rings. The summed E-state index contributed by atoms with van der Waals surface area (Å²) in [7, 11) is 1.17. The number of hydrogen-bond donors (Lipinski definition) is 2. The van der Waals surface area contributed by atoms with Gasteiger partial charge in [-0.05, 0) is 29.2 Å². The summed E-state index contributed by atoms with van der Waals surface area (Å²) in [5, 5.41) is 19.9. The van der Waals surface area contributed by atoms with Gasteiger partial charge in [-0.1, -0.05) is 56.3 Å². The summed E-state index contributed by atoms with van der Waals surface area (Å²) in [5.74, 6) is -1.66. The number of carbonyl (C=O) groups excluding carboxylic acids is 1. The molecule has 2 N–H and O–H groups in total. The molecule has 2 atom stereocenters. The Labute approximate surface area is 152 Å². The average Bonchev–Trinajstić information content (AvgIpc) is 2.65. The van der Waals surface area contributed by atoms with Crippen molar-refractivity contribution in [3.63, 3.8) is 0 Å². The van der Waals surface area contributed by atoms with E-state index >= 15 is 0 Å². The van der Waals surface area contributed by atoms with Crippen molar-refractivity contribution in [2.75, 3.05) is 12.0 Å². The lowest BCUT2D eigenvalue weighted by molar-refractivity contribution is -0.142. The fraction of sp³-hybridized carbons (Fsp3) is 0.300. The van der Waals surface area contributed by atoms with E-state index in [9.17, 15) is 19.8 Å². The van der Waals surface area contributed by atoms with E-state index in [1.165, 1.54) is 7.11 Å². The fourth-order valence-electron chi connectivity index (χ4n) is 2.70. The number of aliphatic hydroxyl groups is 1. The van der Waals surface area contributed by atoms with Gasteiger partial charge in [-0.15, -0.1) is 0 Å². The number of carbonyl (C=O) groups is 2. The quantitative estimate of drug-likeness (QED) is 0.827. The molecule has 0 saturated carbocycles. The molecular weight excluding hydrogens is 334 g/mol. The van der Waals surface area contributed by atoms with E-state index in [0.717, 1.165) is 16.0 Å². The molecular formula is C20H23NO5. The minimum Gasteiger partial charge on any atom is -0.480 e. The zero-order valence-electron chi connectivity index (χ0n) is 15.0. The summed E-state index contributed by atoms with van der Waals surface area (Å²) in [6.07, 6.45) is -2.09. The number of carboxylic acids is 1. The Kier molecular flexibility index (Phi) is 6.36. The van der Waals surface area contributed by atoms with Crippen LogP contribution in [0.3, 0.4) is 0 Å². The number of aliphatic carboxylic acids is 1. The van der Waals surface area contributed by atoms with E-state index < -0.39 is 24.2 Å². The highest BCUT2D eigenvalue weighted by Gasteiger charge is 2.38. The SMILES string of the molecule is COC(=O)N(c1ccc(-c2ccccc2)cc1)C(C(=O)O)C(O)C(C)C. The van der Waals surface area contributed by atoms with Crippen LogP contribution >= 0.6 is 0 Å². The maximum absolute atomic E-state index is 12.3. The molecule has 0 aliphatic rings. The molecule has 2 unspecified atom stereocenters. The van der Waals surface area contributed by atoms with Crippen LogP contribution in [-0.2, 0) is 9.53 Å². The number of anilines is 1. The third kappa shape index (κ3) is 4.21. The van der Waals surface area contributed by atoms with E-state index in [0.29, 0.717) is 5.69 Å². The van der Waals surface area contributed by atoms with Gasteiger partial charge in [-0.25, -0.2) is 9.59 Å². The number of ether oxygens (including phenoxy) is 1. The number of carboxylic acid groups (broad SMARTS) is 1. The maximum Gasteiger partial charge on any atom is 0.414 e. The molecule has 6 nitrogen and oxygen atoms in total. The van der Waals surface area contributed by atoms with Crippen LogP contribution in [-0.4, -0.2) is 41.5 Å². The largest absolute Gasteiger partial charge is 0.480 e. The van der Waals surface area contributed by atoms with Crippen molar-refractivity contribution in [3.8, 4) is 11.1 Å². The molecule has 1 amide bonds. The standard InChI is InChI=1S/C20H23NO5/c1-13(2)18(22)17(19(23)24)21(20(25)26-3)16-11-9-15(10-12-16)14-7-5-4-6-8-14/h4-13,17-18,22H,1-3H3,(H,23,24). The van der Waals surface area contributed by atoms with Gasteiger partial charge in [0.05, 0.1) is 13.2 Å². The number of nitrogens with zero attached hydrogens (tertiary/aromatic N) is 1. The number of benzene rings is 2. The van der Waals surface area contributed by atoms with Crippen LogP contribution in [0.2, 0.25) is 0 Å². The van der Waals surface area contributed by atoms with Crippen LogP contribution in [0.25, 0.3) is 11.1 Å².